The third-order valence-corrected chi connectivity index (χ3v) is 7.11. The second kappa shape index (κ2) is 8.68. The van der Waals surface area contributed by atoms with Crippen LogP contribution in [-0.4, -0.2) is 53.1 Å². The van der Waals surface area contributed by atoms with E-state index in [1.54, 1.807) is 0 Å². The number of rotatable bonds is 4. The number of carbonyl (C=O) groups excluding carboxylic acids is 1. The highest BCUT2D eigenvalue weighted by Crippen LogP contribution is 2.36. The molecule has 1 amide bonds. The van der Waals surface area contributed by atoms with Gasteiger partial charge in [-0.3, -0.25) is 4.79 Å². The first kappa shape index (κ1) is 21.2. The van der Waals surface area contributed by atoms with Crippen molar-refractivity contribution in [1.29, 1.82) is 0 Å². The van der Waals surface area contributed by atoms with Crippen molar-refractivity contribution in [3.05, 3.63) is 71.8 Å². The molecule has 1 N–H and O–H groups in total. The van der Waals surface area contributed by atoms with Gasteiger partial charge in [-0.1, -0.05) is 48.5 Å². The Hall–Kier alpha value is -2.69. The lowest BCUT2D eigenvalue weighted by molar-refractivity contribution is -0.0150. The van der Waals surface area contributed by atoms with Gasteiger partial charge in [-0.2, -0.15) is 0 Å². The maximum atomic E-state index is 13.5. The highest BCUT2D eigenvalue weighted by molar-refractivity contribution is 6.03. The second-order valence-electron chi connectivity index (χ2n) is 9.71. The number of amides is 1. The molecule has 2 aliphatic heterocycles. The molecule has 4 heteroatoms. The van der Waals surface area contributed by atoms with Crippen LogP contribution in [0, 0.1) is 0 Å². The minimum atomic E-state index is -0.268. The van der Waals surface area contributed by atoms with Crippen LogP contribution in [0.2, 0.25) is 0 Å². The van der Waals surface area contributed by atoms with E-state index in [0.29, 0.717) is 12.8 Å². The van der Waals surface area contributed by atoms with Gasteiger partial charge in [0.15, 0.2) is 0 Å². The zero-order valence-corrected chi connectivity index (χ0v) is 19.0. The summed E-state index contributed by atoms with van der Waals surface area (Å²) in [4.78, 5) is 17.8. The number of benzene rings is 3. The van der Waals surface area contributed by atoms with Gasteiger partial charge in [0.25, 0.3) is 5.91 Å². The van der Waals surface area contributed by atoms with Crippen molar-refractivity contribution in [2.24, 2.45) is 0 Å². The van der Waals surface area contributed by atoms with Crippen LogP contribution in [-0.2, 0) is 6.54 Å². The van der Waals surface area contributed by atoms with E-state index in [9.17, 15) is 9.90 Å². The molecule has 2 heterocycles. The van der Waals surface area contributed by atoms with Crippen molar-refractivity contribution >= 4 is 16.7 Å². The quantitative estimate of drug-likeness (QED) is 0.630. The van der Waals surface area contributed by atoms with Crippen molar-refractivity contribution in [3.63, 3.8) is 0 Å². The van der Waals surface area contributed by atoms with Crippen molar-refractivity contribution in [3.8, 4) is 11.1 Å². The Balaban J connectivity index is 1.51. The monoisotopic (exact) mass is 428 g/mol. The van der Waals surface area contributed by atoms with Gasteiger partial charge in [0.05, 0.1) is 6.10 Å². The molecule has 5 rings (SSSR count). The van der Waals surface area contributed by atoms with E-state index in [4.69, 9.17) is 0 Å². The number of carbonyl (C=O) groups is 1. The predicted molar refractivity (Wildman–Crippen MR) is 130 cm³/mol. The summed E-state index contributed by atoms with van der Waals surface area (Å²) in [5.41, 5.74) is 4.50. The number of hydrogen-bond donors (Lipinski definition) is 1. The summed E-state index contributed by atoms with van der Waals surface area (Å²) in [5, 5.41) is 12.5. The van der Waals surface area contributed by atoms with Crippen LogP contribution in [0.15, 0.2) is 60.7 Å². The Morgan fingerprint density at radius 1 is 0.969 bits per heavy atom. The molecule has 3 aromatic carbocycles. The molecule has 0 aromatic heterocycles. The van der Waals surface area contributed by atoms with Gasteiger partial charge in [0.2, 0.25) is 0 Å². The van der Waals surface area contributed by atoms with Crippen molar-refractivity contribution in [1.82, 2.24) is 9.80 Å². The Kier molecular flexibility index (Phi) is 5.75. The Bertz CT molecular complexity index is 1130. The average molecular weight is 429 g/mol. The van der Waals surface area contributed by atoms with Gasteiger partial charge < -0.3 is 14.9 Å². The Labute approximate surface area is 190 Å². The lowest BCUT2D eigenvalue weighted by Gasteiger charge is -2.47. The SMILES string of the molecule is CN(C)Cc1ccccc1-c1cccc2cc(C(=O)N3[C@@H]4CCC[C@H]3CC(O)C4)ccc12. The maximum absolute atomic E-state index is 13.5. The van der Waals surface area contributed by atoms with E-state index in [2.05, 4.69) is 78.5 Å². The zero-order chi connectivity index (χ0) is 22.2. The zero-order valence-electron chi connectivity index (χ0n) is 19.0. The van der Waals surface area contributed by atoms with Gasteiger partial charge in [-0.05, 0) is 85.8 Å². The molecule has 3 atom stereocenters. The largest absolute Gasteiger partial charge is 0.393 e. The summed E-state index contributed by atoms with van der Waals surface area (Å²) >= 11 is 0. The predicted octanol–water partition coefficient (Wildman–Crippen LogP) is 5.09. The second-order valence-corrected chi connectivity index (χ2v) is 9.71. The minimum Gasteiger partial charge on any atom is -0.393 e. The first-order valence-electron chi connectivity index (χ1n) is 11.8. The molecule has 0 aliphatic carbocycles. The molecule has 2 bridgehead atoms. The molecule has 0 spiro atoms. The molecule has 3 aromatic rings. The van der Waals surface area contributed by atoms with Gasteiger partial charge >= 0.3 is 0 Å². The Morgan fingerprint density at radius 3 is 2.44 bits per heavy atom. The molecular formula is C28H32N2O2. The molecule has 0 saturated carbocycles. The van der Waals surface area contributed by atoms with Crippen LogP contribution >= 0.6 is 0 Å². The molecule has 166 valence electrons. The average Bonchev–Trinajstić information content (AvgIpc) is 2.77. The lowest BCUT2D eigenvalue weighted by atomic mass is 9.82. The van der Waals surface area contributed by atoms with E-state index < -0.39 is 0 Å². The maximum Gasteiger partial charge on any atom is 0.254 e. The number of aliphatic hydroxyl groups is 1. The highest BCUT2D eigenvalue weighted by atomic mass is 16.3. The molecule has 1 unspecified atom stereocenters. The first-order chi connectivity index (χ1) is 15.5. The van der Waals surface area contributed by atoms with Crippen LogP contribution in [0.1, 0.15) is 48.0 Å². The first-order valence-corrected chi connectivity index (χ1v) is 11.8. The molecule has 2 aliphatic rings. The van der Waals surface area contributed by atoms with Gasteiger partial charge in [0, 0.05) is 24.2 Å². The number of fused-ring (bicyclic) bond motifs is 3. The van der Waals surface area contributed by atoms with Gasteiger partial charge in [0.1, 0.15) is 0 Å². The normalized spacial score (nSPS) is 23.0. The summed E-state index contributed by atoms with van der Waals surface area (Å²) in [6, 6.07) is 21.4. The fraction of sp³-hybridized carbons (Fsp3) is 0.393. The van der Waals surface area contributed by atoms with E-state index in [1.165, 1.54) is 22.1 Å². The van der Waals surface area contributed by atoms with Gasteiger partial charge in [-0.25, -0.2) is 0 Å². The van der Waals surface area contributed by atoms with E-state index in [0.717, 1.165) is 36.8 Å². The van der Waals surface area contributed by atoms with Crippen LogP contribution < -0.4 is 0 Å². The summed E-state index contributed by atoms with van der Waals surface area (Å²) in [6.45, 7) is 0.882. The lowest BCUT2D eigenvalue weighted by Crippen LogP contribution is -2.55. The van der Waals surface area contributed by atoms with Crippen LogP contribution in [0.4, 0.5) is 0 Å². The molecule has 32 heavy (non-hydrogen) atoms. The summed E-state index contributed by atoms with van der Waals surface area (Å²) in [7, 11) is 4.18. The minimum absolute atomic E-state index is 0.118. The topological polar surface area (TPSA) is 43.8 Å². The molecular weight excluding hydrogens is 396 g/mol. The molecule has 2 fully saturated rings. The van der Waals surface area contributed by atoms with E-state index in [1.807, 2.05) is 6.07 Å². The van der Waals surface area contributed by atoms with Gasteiger partial charge in [-0.15, -0.1) is 0 Å². The third kappa shape index (κ3) is 3.94. The molecule has 2 saturated heterocycles. The number of aliphatic hydroxyl groups excluding tert-OH is 1. The number of piperidine rings is 2. The summed E-state index contributed by atoms with van der Waals surface area (Å²) < 4.78 is 0. The molecule has 0 radical (unpaired) electrons. The van der Waals surface area contributed by atoms with E-state index >= 15 is 0 Å². The fourth-order valence-corrected chi connectivity index (χ4v) is 5.75. The van der Waals surface area contributed by atoms with Crippen LogP contribution in [0.25, 0.3) is 21.9 Å². The smallest absolute Gasteiger partial charge is 0.254 e. The summed E-state index contributed by atoms with van der Waals surface area (Å²) in [6.07, 6.45) is 4.31. The standard InChI is InChI=1S/C28H32N2O2/c1-29(2)18-21-7-3-4-11-25(21)27-12-5-8-19-15-20(13-14-26(19)27)28(32)30-22-9-6-10-23(30)17-24(31)16-22/h3-5,7-8,11-15,22-24,31H,6,9-10,16-18H2,1-2H3/t22-,23+,24?. The van der Waals surface area contributed by atoms with E-state index in [-0.39, 0.29) is 24.1 Å². The van der Waals surface area contributed by atoms with Crippen molar-refractivity contribution < 1.29 is 9.90 Å². The fourth-order valence-electron chi connectivity index (χ4n) is 5.75. The van der Waals surface area contributed by atoms with Crippen molar-refractivity contribution in [2.75, 3.05) is 14.1 Å². The summed E-state index contributed by atoms with van der Waals surface area (Å²) in [5.74, 6) is 0.118. The highest BCUT2D eigenvalue weighted by Gasteiger charge is 2.40. The van der Waals surface area contributed by atoms with Crippen molar-refractivity contribution in [2.45, 2.75) is 56.8 Å². The van der Waals surface area contributed by atoms with Crippen LogP contribution in [0.5, 0.6) is 0 Å². The Morgan fingerprint density at radius 2 is 1.69 bits per heavy atom. The number of nitrogens with zero attached hydrogens (tertiary/aromatic N) is 2. The number of hydrogen-bond acceptors (Lipinski definition) is 3. The third-order valence-electron chi connectivity index (χ3n) is 7.11. The molecule has 4 nitrogen and oxygen atoms in total. The van der Waals surface area contributed by atoms with Crippen LogP contribution in [0.3, 0.4) is 0 Å².